The fourth-order valence-corrected chi connectivity index (χ4v) is 5.94. The van der Waals surface area contributed by atoms with Crippen molar-refractivity contribution < 1.29 is 22.3 Å². The summed E-state index contributed by atoms with van der Waals surface area (Å²) in [6.07, 6.45) is 13.4. The van der Waals surface area contributed by atoms with Crippen molar-refractivity contribution in [1.29, 1.82) is 0 Å². The first kappa shape index (κ1) is 24.3. The minimum Gasteiger partial charge on any atom is -0.492 e. The lowest BCUT2D eigenvalue weighted by Crippen LogP contribution is -2.30. The first-order chi connectivity index (χ1) is 14.6. The molecule has 3 saturated carbocycles. The molecule has 2 bridgehead atoms. The van der Waals surface area contributed by atoms with E-state index in [0.717, 1.165) is 24.8 Å². The second kappa shape index (κ2) is 10.1. The highest BCUT2D eigenvalue weighted by atomic mass is 35.5. The van der Waals surface area contributed by atoms with Gasteiger partial charge in [0, 0.05) is 6.07 Å². The van der Waals surface area contributed by atoms with Crippen LogP contribution >= 0.6 is 11.6 Å². The van der Waals surface area contributed by atoms with Gasteiger partial charge in [0.25, 0.3) is 5.91 Å². The molecular formula is C23H33ClFNO4S. The summed E-state index contributed by atoms with van der Waals surface area (Å²) in [4.78, 5) is 12.0. The van der Waals surface area contributed by atoms with Crippen molar-refractivity contribution >= 4 is 27.5 Å². The van der Waals surface area contributed by atoms with Crippen LogP contribution < -0.4 is 9.46 Å². The van der Waals surface area contributed by atoms with Crippen LogP contribution in [0.25, 0.3) is 0 Å². The molecule has 1 amide bonds. The molecule has 4 rings (SSSR count). The van der Waals surface area contributed by atoms with Gasteiger partial charge in [-0.3, -0.25) is 4.79 Å². The maximum atomic E-state index is 14.4. The molecule has 1 aromatic rings. The van der Waals surface area contributed by atoms with E-state index in [9.17, 15) is 17.6 Å². The minimum atomic E-state index is -3.80. The molecule has 3 aliphatic carbocycles. The van der Waals surface area contributed by atoms with E-state index in [-0.39, 0.29) is 10.8 Å². The third-order valence-electron chi connectivity index (χ3n) is 7.11. The van der Waals surface area contributed by atoms with Gasteiger partial charge in [0.15, 0.2) is 0 Å². The number of sulfonamides is 1. The summed E-state index contributed by atoms with van der Waals surface area (Å²) >= 11 is 6.22. The molecular weight excluding hydrogens is 441 g/mol. The zero-order chi connectivity index (χ0) is 22.6. The SMILES string of the molecule is CCCCCC12CCC(CC1)C(COc1cc(F)c(C(=O)NS(C)(=O)=O)cc1Cl)CC2. The average Bonchev–Trinajstić information content (AvgIpc) is 2.97. The summed E-state index contributed by atoms with van der Waals surface area (Å²) in [5.74, 6) is -0.681. The Hall–Kier alpha value is -1.34. The highest BCUT2D eigenvalue weighted by Gasteiger charge is 2.41. The van der Waals surface area contributed by atoms with Crippen LogP contribution in [0.15, 0.2) is 12.1 Å². The molecule has 1 unspecified atom stereocenters. The van der Waals surface area contributed by atoms with Gasteiger partial charge in [-0.25, -0.2) is 17.5 Å². The highest BCUT2D eigenvalue weighted by molar-refractivity contribution is 7.89. The summed E-state index contributed by atoms with van der Waals surface area (Å²) < 4.78 is 44.6. The molecule has 1 N–H and O–H groups in total. The Labute approximate surface area is 190 Å². The van der Waals surface area contributed by atoms with E-state index in [1.165, 1.54) is 57.8 Å². The van der Waals surface area contributed by atoms with E-state index in [1.54, 1.807) is 4.72 Å². The zero-order valence-corrected chi connectivity index (χ0v) is 20.0. The Balaban J connectivity index is 1.62. The number of benzene rings is 1. The van der Waals surface area contributed by atoms with E-state index in [0.29, 0.717) is 23.9 Å². The second-order valence-corrected chi connectivity index (χ2v) is 11.5. The number of rotatable bonds is 9. The van der Waals surface area contributed by atoms with Crippen molar-refractivity contribution in [2.24, 2.45) is 17.3 Å². The van der Waals surface area contributed by atoms with Crippen LogP contribution in [0.1, 0.15) is 81.5 Å². The quantitative estimate of drug-likeness (QED) is 0.466. The first-order valence-electron chi connectivity index (χ1n) is 11.3. The number of carbonyl (C=O) groups excluding carboxylic acids is 1. The van der Waals surface area contributed by atoms with Crippen LogP contribution in [-0.4, -0.2) is 27.2 Å². The van der Waals surface area contributed by atoms with E-state index < -0.39 is 27.3 Å². The number of amides is 1. The molecule has 3 aliphatic rings. The summed E-state index contributed by atoms with van der Waals surface area (Å²) in [5, 5.41) is 0.0917. The number of unbranched alkanes of at least 4 members (excludes halogenated alkanes) is 2. The fraction of sp³-hybridized carbons (Fsp3) is 0.696. The van der Waals surface area contributed by atoms with Crippen LogP contribution in [0.3, 0.4) is 0 Å². The maximum Gasteiger partial charge on any atom is 0.267 e. The van der Waals surface area contributed by atoms with Crippen molar-refractivity contribution in [3.63, 3.8) is 0 Å². The molecule has 8 heteroatoms. The molecule has 0 radical (unpaired) electrons. The number of halogens is 2. The summed E-state index contributed by atoms with van der Waals surface area (Å²) in [6, 6.07) is 2.19. The smallest absolute Gasteiger partial charge is 0.267 e. The van der Waals surface area contributed by atoms with Crippen LogP contribution in [0.2, 0.25) is 5.02 Å². The Bertz CT molecular complexity index is 897. The molecule has 3 fully saturated rings. The van der Waals surface area contributed by atoms with Gasteiger partial charge in [-0.2, -0.15) is 0 Å². The van der Waals surface area contributed by atoms with Crippen LogP contribution in [0.4, 0.5) is 4.39 Å². The number of ether oxygens (including phenoxy) is 1. The normalized spacial score (nSPS) is 25.8. The lowest BCUT2D eigenvalue weighted by atomic mass is 9.68. The monoisotopic (exact) mass is 473 g/mol. The molecule has 0 aliphatic heterocycles. The van der Waals surface area contributed by atoms with E-state index >= 15 is 0 Å². The molecule has 0 spiro atoms. The fourth-order valence-electron chi connectivity index (χ4n) is 5.28. The van der Waals surface area contributed by atoms with E-state index in [1.807, 2.05) is 0 Å². The summed E-state index contributed by atoms with van der Waals surface area (Å²) in [6.45, 7) is 2.72. The maximum absolute atomic E-state index is 14.4. The molecule has 0 saturated heterocycles. The number of fused-ring (bicyclic) bond motifs is 4. The Morgan fingerprint density at radius 1 is 1.23 bits per heavy atom. The van der Waals surface area contributed by atoms with Crippen LogP contribution in [0.5, 0.6) is 5.75 Å². The van der Waals surface area contributed by atoms with Gasteiger partial charge in [0.05, 0.1) is 23.4 Å². The van der Waals surface area contributed by atoms with Gasteiger partial charge >= 0.3 is 0 Å². The van der Waals surface area contributed by atoms with E-state index in [2.05, 4.69) is 6.92 Å². The van der Waals surface area contributed by atoms with E-state index in [4.69, 9.17) is 16.3 Å². The predicted octanol–water partition coefficient (Wildman–Crippen LogP) is 5.71. The second-order valence-electron chi connectivity index (χ2n) is 9.37. The zero-order valence-electron chi connectivity index (χ0n) is 18.4. The molecule has 5 nitrogen and oxygen atoms in total. The van der Waals surface area contributed by atoms with Gasteiger partial charge in [-0.15, -0.1) is 0 Å². The lowest BCUT2D eigenvalue weighted by molar-refractivity contribution is 0.0977. The number of carbonyl (C=O) groups is 1. The van der Waals surface area contributed by atoms with Crippen molar-refractivity contribution in [2.45, 2.75) is 71.1 Å². The van der Waals surface area contributed by atoms with Crippen molar-refractivity contribution in [1.82, 2.24) is 4.72 Å². The largest absolute Gasteiger partial charge is 0.492 e. The molecule has 1 atom stereocenters. The molecule has 0 aromatic heterocycles. The third-order valence-corrected chi connectivity index (χ3v) is 7.96. The van der Waals surface area contributed by atoms with Gasteiger partial charge < -0.3 is 4.74 Å². The predicted molar refractivity (Wildman–Crippen MR) is 120 cm³/mol. The lowest BCUT2D eigenvalue weighted by Gasteiger charge is -2.37. The summed E-state index contributed by atoms with van der Waals surface area (Å²) in [5.41, 5.74) is 0.0728. The highest BCUT2D eigenvalue weighted by Crippen LogP contribution is 2.52. The average molecular weight is 474 g/mol. The topological polar surface area (TPSA) is 72.5 Å². The van der Waals surface area contributed by atoms with Gasteiger partial charge in [-0.05, 0) is 68.3 Å². The van der Waals surface area contributed by atoms with Crippen molar-refractivity contribution in [3.05, 3.63) is 28.5 Å². The van der Waals surface area contributed by atoms with Gasteiger partial charge in [0.2, 0.25) is 10.0 Å². The first-order valence-corrected chi connectivity index (χ1v) is 13.5. The third kappa shape index (κ3) is 6.35. The number of hydrogen-bond acceptors (Lipinski definition) is 4. The van der Waals surface area contributed by atoms with Crippen LogP contribution in [0, 0.1) is 23.1 Å². The molecule has 31 heavy (non-hydrogen) atoms. The Morgan fingerprint density at radius 2 is 1.90 bits per heavy atom. The Kier molecular flexibility index (Phi) is 7.90. The molecule has 1 aromatic carbocycles. The molecule has 174 valence electrons. The van der Waals surface area contributed by atoms with Crippen molar-refractivity contribution in [3.8, 4) is 5.75 Å². The molecule has 0 heterocycles. The standard InChI is InChI=1S/C23H33ClFNO4S/c1-3-4-5-9-23-10-6-16(7-11-23)17(8-12-23)15-30-21-14-20(25)18(13-19(21)24)22(27)26-31(2,28)29/h13-14,16-17H,3-12,15H2,1-2H3,(H,26,27). The van der Waals surface area contributed by atoms with Crippen LogP contribution in [-0.2, 0) is 10.0 Å². The van der Waals surface area contributed by atoms with Gasteiger partial charge in [0.1, 0.15) is 11.6 Å². The Morgan fingerprint density at radius 3 is 2.55 bits per heavy atom. The van der Waals surface area contributed by atoms with Gasteiger partial charge in [-0.1, -0.05) is 37.8 Å². The summed E-state index contributed by atoms with van der Waals surface area (Å²) in [7, 11) is -3.80. The number of hydrogen-bond donors (Lipinski definition) is 1. The number of nitrogens with one attached hydrogen (secondary N) is 1. The van der Waals surface area contributed by atoms with Crippen molar-refractivity contribution in [2.75, 3.05) is 12.9 Å². The minimum absolute atomic E-state index is 0.0917.